The van der Waals surface area contributed by atoms with Gasteiger partial charge >= 0.3 is 6.18 Å². The van der Waals surface area contributed by atoms with Gasteiger partial charge in [0.25, 0.3) is 0 Å². The predicted octanol–water partition coefficient (Wildman–Crippen LogP) is 4.13. The summed E-state index contributed by atoms with van der Waals surface area (Å²) in [5.74, 6) is -0.0762. The van der Waals surface area contributed by atoms with Gasteiger partial charge in [0.05, 0.1) is 17.0 Å². The van der Waals surface area contributed by atoms with E-state index in [1.54, 1.807) is 31.6 Å². The number of pyridine rings is 1. The number of hydrogen-bond donors (Lipinski definition) is 1. The first-order valence-electron chi connectivity index (χ1n) is 9.31. The third-order valence-corrected chi connectivity index (χ3v) is 5.19. The van der Waals surface area contributed by atoms with E-state index < -0.39 is 17.6 Å². The summed E-state index contributed by atoms with van der Waals surface area (Å²) in [7, 11) is 1.61. The Morgan fingerprint density at radius 1 is 1.16 bits per heavy atom. The average Bonchev–Trinajstić information content (AvgIpc) is 3.15. The quantitative estimate of drug-likeness (QED) is 0.389. The molecule has 1 aromatic carbocycles. The maximum Gasteiger partial charge on any atom is 0.418 e. The molecule has 0 aliphatic heterocycles. The highest BCUT2D eigenvalue weighted by Crippen LogP contribution is 2.34. The number of aromatic nitrogens is 4. The van der Waals surface area contributed by atoms with Crippen molar-refractivity contribution < 1.29 is 22.7 Å². The zero-order valence-corrected chi connectivity index (χ0v) is 17.4. The minimum absolute atomic E-state index is 0.120. The number of ether oxygens (including phenoxy) is 1. The fraction of sp³-hybridized carbons (Fsp3) is 0.300. The normalized spacial score (nSPS) is 11.5. The fourth-order valence-corrected chi connectivity index (χ4v) is 3.60. The monoisotopic (exact) mass is 451 g/mol. The number of amides is 1. The summed E-state index contributed by atoms with van der Waals surface area (Å²) in [6.07, 6.45) is -0.576. The molecule has 0 radical (unpaired) electrons. The van der Waals surface area contributed by atoms with Gasteiger partial charge in [-0.15, -0.1) is 10.2 Å². The van der Waals surface area contributed by atoms with E-state index in [2.05, 4.69) is 20.5 Å². The van der Waals surface area contributed by atoms with Crippen molar-refractivity contribution in [3.8, 4) is 11.4 Å². The number of carbonyl (C=O) groups excluding carboxylic acids is 1. The Labute approximate surface area is 181 Å². The van der Waals surface area contributed by atoms with Gasteiger partial charge in [-0.3, -0.25) is 9.78 Å². The van der Waals surface area contributed by atoms with E-state index in [0.29, 0.717) is 30.6 Å². The van der Waals surface area contributed by atoms with Gasteiger partial charge in [0, 0.05) is 38.2 Å². The molecule has 0 unspecified atom stereocenters. The Kier molecular flexibility index (Phi) is 7.64. The molecule has 3 aromatic rings. The molecule has 164 valence electrons. The summed E-state index contributed by atoms with van der Waals surface area (Å²) in [6, 6.07) is 8.45. The van der Waals surface area contributed by atoms with Crippen molar-refractivity contribution in [2.75, 3.05) is 24.8 Å². The second-order valence-electron chi connectivity index (χ2n) is 6.42. The van der Waals surface area contributed by atoms with Gasteiger partial charge < -0.3 is 14.6 Å². The number of rotatable bonds is 9. The van der Waals surface area contributed by atoms with Gasteiger partial charge in [-0.25, -0.2) is 0 Å². The smallest absolute Gasteiger partial charge is 0.385 e. The summed E-state index contributed by atoms with van der Waals surface area (Å²) in [5, 5.41) is 11.2. The maximum absolute atomic E-state index is 13.1. The molecule has 1 N–H and O–H groups in total. The van der Waals surface area contributed by atoms with Crippen LogP contribution in [0.3, 0.4) is 0 Å². The van der Waals surface area contributed by atoms with Crippen molar-refractivity contribution in [1.29, 1.82) is 0 Å². The van der Waals surface area contributed by atoms with E-state index in [9.17, 15) is 18.0 Å². The van der Waals surface area contributed by atoms with E-state index in [1.807, 2.05) is 4.57 Å². The third-order valence-electron chi connectivity index (χ3n) is 4.22. The van der Waals surface area contributed by atoms with Gasteiger partial charge in [0.2, 0.25) is 5.91 Å². The molecule has 0 spiro atoms. The molecular weight excluding hydrogens is 431 g/mol. The van der Waals surface area contributed by atoms with Crippen LogP contribution in [-0.4, -0.2) is 45.1 Å². The van der Waals surface area contributed by atoms with Crippen LogP contribution in [0, 0.1) is 0 Å². The standard InChI is InChI=1S/C20H20F3N5O2S/c1-30-12-4-11-28-18(14-7-9-24-10-8-14)26-27-19(28)31-13-17(29)25-16-6-3-2-5-15(16)20(21,22)23/h2-3,5-10H,4,11-13H2,1H3,(H,25,29). The first kappa shape index (κ1) is 22.8. The minimum atomic E-state index is -4.56. The zero-order chi connectivity index (χ0) is 22.3. The lowest BCUT2D eigenvalue weighted by molar-refractivity contribution is -0.137. The second kappa shape index (κ2) is 10.4. The van der Waals surface area contributed by atoms with Crippen LogP contribution in [0.5, 0.6) is 0 Å². The van der Waals surface area contributed by atoms with Gasteiger partial charge in [0.1, 0.15) is 0 Å². The molecule has 0 aliphatic carbocycles. The second-order valence-corrected chi connectivity index (χ2v) is 7.36. The summed E-state index contributed by atoms with van der Waals surface area (Å²) in [4.78, 5) is 16.3. The molecule has 0 saturated carbocycles. The number of hydrogen-bond acceptors (Lipinski definition) is 6. The molecule has 7 nitrogen and oxygen atoms in total. The Morgan fingerprint density at radius 2 is 1.90 bits per heavy atom. The Balaban J connectivity index is 1.73. The van der Waals surface area contributed by atoms with Gasteiger partial charge in [-0.2, -0.15) is 13.2 Å². The molecule has 0 atom stereocenters. The summed E-state index contributed by atoms with van der Waals surface area (Å²) < 4.78 is 46.3. The van der Waals surface area contributed by atoms with E-state index >= 15 is 0 Å². The molecule has 0 saturated heterocycles. The number of anilines is 1. The summed E-state index contributed by atoms with van der Waals surface area (Å²) >= 11 is 1.10. The van der Waals surface area contributed by atoms with Crippen LogP contribution < -0.4 is 5.32 Å². The lowest BCUT2D eigenvalue weighted by Crippen LogP contribution is -2.18. The number of alkyl halides is 3. The van der Waals surface area contributed by atoms with Crippen molar-refractivity contribution in [1.82, 2.24) is 19.7 Å². The van der Waals surface area contributed by atoms with Gasteiger partial charge in [-0.05, 0) is 30.7 Å². The number of para-hydroxylation sites is 1. The van der Waals surface area contributed by atoms with Crippen molar-refractivity contribution >= 4 is 23.4 Å². The third kappa shape index (κ3) is 6.05. The highest BCUT2D eigenvalue weighted by Gasteiger charge is 2.33. The molecule has 2 heterocycles. The molecule has 0 aliphatic rings. The largest absolute Gasteiger partial charge is 0.418 e. The number of nitrogens with one attached hydrogen (secondary N) is 1. The van der Waals surface area contributed by atoms with Crippen molar-refractivity contribution in [2.24, 2.45) is 0 Å². The van der Waals surface area contributed by atoms with Crippen LogP contribution in [0.15, 0.2) is 53.9 Å². The topological polar surface area (TPSA) is 81.9 Å². The van der Waals surface area contributed by atoms with Crippen LogP contribution >= 0.6 is 11.8 Å². The van der Waals surface area contributed by atoms with Crippen LogP contribution in [0.25, 0.3) is 11.4 Å². The number of halogens is 3. The highest BCUT2D eigenvalue weighted by molar-refractivity contribution is 7.99. The predicted molar refractivity (Wildman–Crippen MR) is 111 cm³/mol. The number of thioether (sulfide) groups is 1. The van der Waals surface area contributed by atoms with Crippen LogP contribution in [0.4, 0.5) is 18.9 Å². The Bertz CT molecular complexity index is 1010. The molecule has 11 heteroatoms. The van der Waals surface area contributed by atoms with Gasteiger partial charge in [-0.1, -0.05) is 23.9 Å². The Hall–Kier alpha value is -2.92. The summed E-state index contributed by atoms with van der Waals surface area (Å²) in [5.41, 5.74) is -0.356. The lowest BCUT2D eigenvalue weighted by Gasteiger charge is -2.13. The van der Waals surface area contributed by atoms with Crippen LogP contribution in [-0.2, 0) is 22.3 Å². The first-order chi connectivity index (χ1) is 14.9. The molecule has 3 rings (SSSR count). The molecule has 0 fully saturated rings. The fourth-order valence-electron chi connectivity index (χ4n) is 2.83. The molecular formula is C20H20F3N5O2S. The van der Waals surface area contributed by atoms with E-state index in [1.165, 1.54) is 18.2 Å². The highest BCUT2D eigenvalue weighted by atomic mass is 32.2. The average molecular weight is 451 g/mol. The number of benzene rings is 1. The molecule has 2 aromatic heterocycles. The molecule has 0 bridgehead atoms. The van der Waals surface area contributed by atoms with Crippen molar-refractivity contribution in [3.63, 3.8) is 0 Å². The van der Waals surface area contributed by atoms with E-state index in [-0.39, 0.29) is 11.4 Å². The lowest BCUT2D eigenvalue weighted by atomic mass is 10.1. The van der Waals surface area contributed by atoms with E-state index in [0.717, 1.165) is 23.4 Å². The maximum atomic E-state index is 13.1. The minimum Gasteiger partial charge on any atom is -0.385 e. The first-order valence-corrected chi connectivity index (χ1v) is 10.3. The van der Waals surface area contributed by atoms with E-state index in [4.69, 9.17) is 4.74 Å². The van der Waals surface area contributed by atoms with Gasteiger partial charge in [0.15, 0.2) is 11.0 Å². The number of carbonyl (C=O) groups is 1. The van der Waals surface area contributed by atoms with Crippen LogP contribution in [0.1, 0.15) is 12.0 Å². The SMILES string of the molecule is COCCCn1c(SCC(=O)Nc2ccccc2C(F)(F)F)nnc1-c1ccncc1. The summed E-state index contributed by atoms with van der Waals surface area (Å²) in [6.45, 7) is 1.09. The van der Waals surface area contributed by atoms with Crippen molar-refractivity contribution in [3.05, 3.63) is 54.4 Å². The van der Waals surface area contributed by atoms with Crippen molar-refractivity contribution in [2.45, 2.75) is 24.3 Å². The Morgan fingerprint density at radius 3 is 2.61 bits per heavy atom. The number of methoxy groups -OCH3 is 1. The molecule has 1 amide bonds. The van der Waals surface area contributed by atoms with Crippen LogP contribution in [0.2, 0.25) is 0 Å². The zero-order valence-electron chi connectivity index (χ0n) is 16.6. The molecule has 31 heavy (non-hydrogen) atoms. The number of nitrogens with zero attached hydrogens (tertiary/aromatic N) is 4.